The van der Waals surface area contributed by atoms with Gasteiger partial charge in [0.1, 0.15) is 18.7 Å². The van der Waals surface area contributed by atoms with E-state index in [1.807, 2.05) is 120 Å². The Morgan fingerprint density at radius 3 is 2.19 bits per heavy atom. The van der Waals surface area contributed by atoms with E-state index in [2.05, 4.69) is 4.98 Å². The monoisotopic (exact) mass is 572 g/mol. The summed E-state index contributed by atoms with van der Waals surface area (Å²) in [5.74, 6) is 0.481. The maximum absolute atomic E-state index is 14.3. The van der Waals surface area contributed by atoms with Crippen molar-refractivity contribution in [1.29, 1.82) is 0 Å². The van der Waals surface area contributed by atoms with Crippen molar-refractivity contribution < 1.29 is 19.4 Å². The first kappa shape index (κ1) is 27.8. The Morgan fingerprint density at radius 2 is 1.49 bits per heavy atom. The standard InChI is InChI=1S/C35H32N4O4/c40-34(38-20-19-37(35(41)42)23-30(38)21-26-11-4-1-5-12-26)32-33(28-15-8-3-9-16-28)39(25-36-32)29-17-10-18-31(22-29)43-24-27-13-6-2-7-14-27/h1-18,22,25,30H,19-21,23-24H2,(H,41,42)/t30-/m1/s1. The van der Waals surface area contributed by atoms with Gasteiger partial charge >= 0.3 is 6.09 Å². The number of amides is 2. The molecule has 0 bridgehead atoms. The fraction of sp³-hybridized carbons (Fsp3) is 0.171. The van der Waals surface area contributed by atoms with Gasteiger partial charge in [-0.15, -0.1) is 0 Å². The van der Waals surface area contributed by atoms with Gasteiger partial charge in [-0.1, -0.05) is 97.1 Å². The number of ether oxygens (including phenoxy) is 1. The minimum atomic E-state index is -0.978. The third kappa shape index (κ3) is 6.28. The van der Waals surface area contributed by atoms with Crippen molar-refractivity contribution in [2.75, 3.05) is 19.6 Å². The lowest BCUT2D eigenvalue weighted by Crippen LogP contribution is -2.57. The predicted molar refractivity (Wildman–Crippen MR) is 164 cm³/mol. The van der Waals surface area contributed by atoms with Crippen molar-refractivity contribution in [2.24, 2.45) is 0 Å². The van der Waals surface area contributed by atoms with Crippen LogP contribution in [0.2, 0.25) is 0 Å². The molecule has 1 aliphatic heterocycles. The number of carbonyl (C=O) groups is 2. The highest BCUT2D eigenvalue weighted by Gasteiger charge is 2.35. The Labute approximate surface area is 250 Å². The number of carbonyl (C=O) groups excluding carboxylic acids is 1. The predicted octanol–water partition coefficient (Wildman–Crippen LogP) is 6.17. The van der Waals surface area contributed by atoms with Gasteiger partial charge in [0.15, 0.2) is 5.69 Å². The van der Waals surface area contributed by atoms with E-state index in [9.17, 15) is 14.7 Å². The maximum Gasteiger partial charge on any atom is 0.407 e. The molecule has 1 atom stereocenters. The molecule has 2 amide bonds. The summed E-state index contributed by atoms with van der Waals surface area (Å²) in [7, 11) is 0. The molecule has 2 heterocycles. The first-order valence-electron chi connectivity index (χ1n) is 14.3. The molecule has 1 saturated heterocycles. The van der Waals surface area contributed by atoms with Crippen LogP contribution in [0.4, 0.5) is 4.79 Å². The number of hydrogen-bond acceptors (Lipinski definition) is 4. The normalized spacial score (nSPS) is 14.8. The summed E-state index contributed by atoms with van der Waals surface area (Å²) in [5.41, 5.74) is 4.77. The van der Waals surface area contributed by atoms with Gasteiger partial charge in [-0.25, -0.2) is 9.78 Å². The average molecular weight is 573 g/mol. The number of hydrogen-bond donors (Lipinski definition) is 1. The second kappa shape index (κ2) is 12.7. The van der Waals surface area contributed by atoms with Crippen LogP contribution in [0.1, 0.15) is 21.6 Å². The Bertz CT molecular complexity index is 1690. The van der Waals surface area contributed by atoms with E-state index in [0.29, 0.717) is 30.2 Å². The number of rotatable bonds is 8. The highest BCUT2D eigenvalue weighted by atomic mass is 16.5. The summed E-state index contributed by atoms with van der Waals surface area (Å²) in [4.78, 5) is 34.0. The first-order chi connectivity index (χ1) is 21.1. The second-order valence-electron chi connectivity index (χ2n) is 10.5. The summed E-state index contributed by atoms with van der Waals surface area (Å²) in [6.45, 7) is 1.20. The average Bonchev–Trinajstić information content (AvgIpc) is 3.50. The molecular weight excluding hydrogens is 540 g/mol. The van der Waals surface area contributed by atoms with Crippen LogP contribution < -0.4 is 4.74 Å². The molecule has 8 heteroatoms. The van der Waals surface area contributed by atoms with Crippen LogP contribution in [0.15, 0.2) is 122 Å². The fourth-order valence-electron chi connectivity index (χ4n) is 5.53. The molecule has 5 aromatic rings. The van der Waals surface area contributed by atoms with E-state index in [1.54, 1.807) is 11.2 Å². The lowest BCUT2D eigenvalue weighted by atomic mass is 10.0. The van der Waals surface area contributed by atoms with E-state index in [-0.39, 0.29) is 31.6 Å². The maximum atomic E-state index is 14.3. The minimum absolute atomic E-state index is 0.222. The van der Waals surface area contributed by atoms with Gasteiger partial charge in [-0.3, -0.25) is 9.36 Å². The van der Waals surface area contributed by atoms with Gasteiger partial charge in [0, 0.05) is 31.3 Å². The minimum Gasteiger partial charge on any atom is -0.489 e. The fourth-order valence-corrected chi connectivity index (χ4v) is 5.53. The quantitative estimate of drug-likeness (QED) is 0.240. The van der Waals surface area contributed by atoms with Gasteiger partial charge in [-0.2, -0.15) is 0 Å². The molecule has 0 saturated carbocycles. The van der Waals surface area contributed by atoms with Crippen molar-refractivity contribution in [3.63, 3.8) is 0 Å². The van der Waals surface area contributed by atoms with Gasteiger partial charge in [-0.05, 0) is 29.7 Å². The largest absolute Gasteiger partial charge is 0.489 e. The number of piperazine rings is 1. The molecule has 0 aliphatic carbocycles. The lowest BCUT2D eigenvalue weighted by molar-refractivity contribution is 0.0447. The summed E-state index contributed by atoms with van der Waals surface area (Å²) >= 11 is 0. The van der Waals surface area contributed by atoms with Crippen LogP contribution in [0, 0.1) is 0 Å². The smallest absolute Gasteiger partial charge is 0.407 e. The highest BCUT2D eigenvalue weighted by Crippen LogP contribution is 2.30. The summed E-state index contributed by atoms with van der Waals surface area (Å²) in [5, 5.41) is 9.71. The van der Waals surface area contributed by atoms with Crippen molar-refractivity contribution >= 4 is 12.0 Å². The molecular formula is C35H32N4O4. The molecule has 0 spiro atoms. The van der Waals surface area contributed by atoms with Crippen LogP contribution in [-0.2, 0) is 13.0 Å². The van der Waals surface area contributed by atoms with E-state index in [4.69, 9.17) is 4.74 Å². The Morgan fingerprint density at radius 1 is 0.814 bits per heavy atom. The van der Waals surface area contributed by atoms with Gasteiger partial charge in [0.25, 0.3) is 5.91 Å². The Balaban J connectivity index is 1.34. The zero-order valence-corrected chi connectivity index (χ0v) is 23.6. The van der Waals surface area contributed by atoms with Crippen molar-refractivity contribution in [3.05, 3.63) is 138 Å². The van der Waals surface area contributed by atoms with Crippen LogP contribution in [0.25, 0.3) is 16.9 Å². The number of aromatic nitrogens is 2. The molecule has 0 radical (unpaired) electrons. The molecule has 1 aliphatic rings. The van der Waals surface area contributed by atoms with Crippen molar-refractivity contribution in [1.82, 2.24) is 19.4 Å². The van der Waals surface area contributed by atoms with Gasteiger partial charge < -0.3 is 19.6 Å². The summed E-state index contributed by atoms with van der Waals surface area (Å²) in [6, 6.07) is 37.0. The number of nitrogens with zero attached hydrogens (tertiary/aromatic N) is 4. The topological polar surface area (TPSA) is 87.9 Å². The van der Waals surface area contributed by atoms with Crippen LogP contribution in [-0.4, -0.2) is 62.1 Å². The SMILES string of the molecule is O=C(O)N1CCN(C(=O)c2ncn(-c3cccc(OCc4ccccc4)c3)c2-c2ccccc2)[C@H](Cc2ccccc2)C1. The molecule has 216 valence electrons. The number of imidazole rings is 1. The molecule has 8 nitrogen and oxygen atoms in total. The summed E-state index contributed by atoms with van der Waals surface area (Å²) < 4.78 is 8.00. The van der Waals surface area contributed by atoms with E-state index in [1.165, 1.54) is 4.90 Å². The Hall–Kier alpha value is -5.37. The molecule has 0 unspecified atom stereocenters. The second-order valence-corrected chi connectivity index (χ2v) is 10.5. The molecule has 4 aromatic carbocycles. The highest BCUT2D eigenvalue weighted by molar-refractivity contribution is 5.99. The summed E-state index contributed by atoms with van der Waals surface area (Å²) in [6.07, 6.45) is 1.23. The van der Waals surface area contributed by atoms with E-state index < -0.39 is 6.09 Å². The van der Waals surface area contributed by atoms with E-state index in [0.717, 1.165) is 22.4 Å². The van der Waals surface area contributed by atoms with E-state index >= 15 is 0 Å². The van der Waals surface area contributed by atoms with Crippen molar-refractivity contribution in [3.8, 4) is 22.7 Å². The lowest BCUT2D eigenvalue weighted by Gasteiger charge is -2.40. The molecule has 43 heavy (non-hydrogen) atoms. The van der Waals surface area contributed by atoms with Crippen LogP contribution in [0.5, 0.6) is 5.75 Å². The molecule has 1 aromatic heterocycles. The molecule has 6 rings (SSSR count). The van der Waals surface area contributed by atoms with Crippen LogP contribution in [0.3, 0.4) is 0 Å². The molecule has 1 N–H and O–H groups in total. The van der Waals surface area contributed by atoms with Gasteiger partial charge in [0.05, 0.1) is 17.4 Å². The Kier molecular flexibility index (Phi) is 8.17. The zero-order chi connectivity index (χ0) is 29.6. The third-order valence-corrected chi connectivity index (χ3v) is 7.69. The van der Waals surface area contributed by atoms with Gasteiger partial charge in [0.2, 0.25) is 0 Å². The number of benzene rings is 4. The number of carboxylic acid groups (broad SMARTS) is 1. The zero-order valence-electron chi connectivity index (χ0n) is 23.6. The van der Waals surface area contributed by atoms with Crippen molar-refractivity contribution in [2.45, 2.75) is 19.1 Å². The van der Waals surface area contributed by atoms with Crippen LogP contribution >= 0.6 is 0 Å². The third-order valence-electron chi connectivity index (χ3n) is 7.69. The molecule has 1 fully saturated rings. The first-order valence-corrected chi connectivity index (χ1v) is 14.3.